The van der Waals surface area contributed by atoms with E-state index in [-0.39, 0.29) is 11.0 Å². The number of aryl methyl sites for hydroxylation is 1. The van der Waals surface area contributed by atoms with Crippen molar-refractivity contribution < 1.29 is 9.53 Å². The van der Waals surface area contributed by atoms with Crippen LogP contribution in [0.25, 0.3) is 0 Å². The summed E-state index contributed by atoms with van der Waals surface area (Å²) in [5.74, 6) is -0.271. The van der Waals surface area contributed by atoms with Crippen molar-refractivity contribution in [1.29, 1.82) is 0 Å². The fraction of sp³-hybridized carbons (Fsp3) is 0.364. The number of alkyl halides is 1. The summed E-state index contributed by atoms with van der Waals surface area (Å²) in [5.41, 5.74) is 1.57. The van der Waals surface area contributed by atoms with E-state index in [2.05, 4.69) is 15.9 Å². The molecule has 0 aliphatic rings. The average molecular weight is 257 g/mol. The Kier molecular flexibility index (Phi) is 4.14. The second kappa shape index (κ2) is 5.15. The van der Waals surface area contributed by atoms with Crippen LogP contribution < -0.4 is 0 Å². The normalized spacial score (nSPS) is 12.2. The molecule has 1 aromatic rings. The highest BCUT2D eigenvalue weighted by atomic mass is 79.9. The zero-order chi connectivity index (χ0) is 10.6. The molecule has 0 N–H and O–H groups in total. The number of carbonyl (C=O) groups excluding carboxylic acids is 1. The first-order chi connectivity index (χ1) is 6.65. The molecule has 0 radical (unpaired) electrons. The third-order valence-electron chi connectivity index (χ3n) is 1.92. The molecule has 0 aromatic heterocycles. The minimum atomic E-state index is -0.271. The van der Waals surface area contributed by atoms with Gasteiger partial charge in [0.2, 0.25) is 0 Å². The van der Waals surface area contributed by atoms with Gasteiger partial charge in [0.05, 0.1) is 5.56 Å². The highest BCUT2D eigenvalue weighted by molar-refractivity contribution is 9.09. The summed E-state index contributed by atoms with van der Waals surface area (Å²) < 4.78 is 5.14. The van der Waals surface area contributed by atoms with Gasteiger partial charge in [-0.25, -0.2) is 4.79 Å². The van der Waals surface area contributed by atoms with Gasteiger partial charge in [0, 0.05) is 0 Å². The number of hydrogen-bond donors (Lipinski definition) is 0. The summed E-state index contributed by atoms with van der Waals surface area (Å²) in [7, 11) is 0. The topological polar surface area (TPSA) is 26.3 Å². The lowest BCUT2D eigenvalue weighted by Gasteiger charge is -2.10. The molecule has 14 heavy (non-hydrogen) atoms. The predicted octanol–water partition coefficient (Wildman–Crippen LogP) is 3.28. The van der Waals surface area contributed by atoms with Crippen LogP contribution >= 0.6 is 15.9 Å². The van der Waals surface area contributed by atoms with E-state index < -0.39 is 0 Å². The first-order valence-electron chi connectivity index (χ1n) is 4.55. The van der Waals surface area contributed by atoms with Gasteiger partial charge in [0.1, 0.15) is 0 Å². The Bertz CT molecular complexity index is 323. The zero-order valence-corrected chi connectivity index (χ0v) is 9.87. The minimum Gasteiger partial charge on any atom is -0.447 e. The van der Waals surface area contributed by atoms with E-state index in [9.17, 15) is 4.79 Å². The molecule has 76 valence electrons. The molecule has 3 heteroatoms. The monoisotopic (exact) mass is 256 g/mol. The van der Waals surface area contributed by atoms with Crippen LogP contribution in [-0.2, 0) is 4.74 Å². The maximum Gasteiger partial charge on any atom is 0.339 e. The van der Waals surface area contributed by atoms with Crippen molar-refractivity contribution in [3.63, 3.8) is 0 Å². The lowest BCUT2D eigenvalue weighted by Crippen LogP contribution is -2.12. The number of hydrogen-bond acceptors (Lipinski definition) is 2. The zero-order valence-electron chi connectivity index (χ0n) is 8.29. The Morgan fingerprint density at radius 1 is 1.50 bits per heavy atom. The molecule has 1 aromatic carbocycles. The molecule has 0 spiro atoms. The molecule has 0 heterocycles. The van der Waals surface area contributed by atoms with Crippen molar-refractivity contribution in [2.45, 2.75) is 25.3 Å². The Morgan fingerprint density at radius 3 is 2.71 bits per heavy atom. The van der Waals surface area contributed by atoms with Gasteiger partial charge in [0.25, 0.3) is 0 Å². The van der Waals surface area contributed by atoms with Crippen molar-refractivity contribution in [3.05, 3.63) is 35.4 Å². The van der Waals surface area contributed by atoms with E-state index in [4.69, 9.17) is 4.74 Å². The Labute approximate surface area is 92.4 Å². The van der Waals surface area contributed by atoms with E-state index in [0.29, 0.717) is 5.56 Å². The number of ether oxygens (including phenoxy) is 1. The van der Waals surface area contributed by atoms with E-state index in [1.54, 1.807) is 6.07 Å². The van der Waals surface area contributed by atoms with Gasteiger partial charge in [-0.2, -0.15) is 0 Å². The molecule has 2 nitrogen and oxygen atoms in total. The van der Waals surface area contributed by atoms with Crippen LogP contribution in [0.2, 0.25) is 0 Å². The van der Waals surface area contributed by atoms with Gasteiger partial charge in [-0.3, -0.25) is 0 Å². The maximum absolute atomic E-state index is 11.6. The lowest BCUT2D eigenvalue weighted by atomic mass is 10.1. The molecule has 0 amide bonds. The summed E-state index contributed by atoms with van der Waals surface area (Å²) in [6.07, 6.45) is 0.762. The fourth-order valence-corrected chi connectivity index (χ4v) is 1.23. The van der Waals surface area contributed by atoms with Gasteiger partial charge in [-0.15, -0.1) is 0 Å². The second-order valence-electron chi connectivity index (χ2n) is 3.04. The first kappa shape index (κ1) is 11.2. The van der Waals surface area contributed by atoms with Crippen LogP contribution in [0.4, 0.5) is 0 Å². The average Bonchev–Trinajstić information content (AvgIpc) is 2.18. The molecular formula is C11H13BrO2. The van der Waals surface area contributed by atoms with Gasteiger partial charge < -0.3 is 4.74 Å². The molecule has 1 unspecified atom stereocenters. The molecule has 1 atom stereocenters. The van der Waals surface area contributed by atoms with Gasteiger partial charge in [-0.05, 0) is 40.9 Å². The van der Waals surface area contributed by atoms with E-state index in [0.717, 1.165) is 12.0 Å². The van der Waals surface area contributed by atoms with Crippen molar-refractivity contribution in [3.8, 4) is 0 Å². The van der Waals surface area contributed by atoms with E-state index >= 15 is 0 Å². The highest BCUT2D eigenvalue weighted by Gasteiger charge is 2.12. The minimum absolute atomic E-state index is 0.199. The lowest BCUT2D eigenvalue weighted by molar-refractivity contribution is 0.0463. The summed E-state index contributed by atoms with van der Waals surface area (Å²) in [5, 5.41) is -0.199. The third-order valence-corrected chi connectivity index (χ3v) is 2.76. The van der Waals surface area contributed by atoms with Crippen LogP contribution in [-0.4, -0.2) is 11.0 Å². The molecule has 0 bridgehead atoms. The van der Waals surface area contributed by atoms with Crippen LogP contribution in [0.3, 0.4) is 0 Å². The molecule has 1 rings (SSSR count). The van der Waals surface area contributed by atoms with E-state index in [1.165, 1.54) is 0 Å². The van der Waals surface area contributed by atoms with Crippen molar-refractivity contribution >= 4 is 21.9 Å². The third kappa shape index (κ3) is 2.84. The maximum atomic E-state index is 11.6. The van der Waals surface area contributed by atoms with Gasteiger partial charge in [-0.1, -0.05) is 25.1 Å². The Morgan fingerprint density at radius 2 is 2.14 bits per heavy atom. The molecule has 0 saturated heterocycles. The van der Waals surface area contributed by atoms with Gasteiger partial charge >= 0.3 is 5.97 Å². The summed E-state index contributed by atoms with van der Waals surface area (Å²) in [6, 6.07) is 7.40. The molecular weight excluding hydrogens is 244 g/mol. The standard InChI is InChI=1S/C11H13BrO2/c1-3-10(12)14-11(13)9-7-5-4-6-8(9)2/h4-7,10H,3H2,1-2H3. The van der Waals surface area contributed by atoms with Crippen LogP contribution in [0, 0.1) is 6.92 Å². The van der Waals surface area contributed by atoms with Crippen LogP contribution in [0.1, 0.15) is 29.3 Å². The SMILES string of the molecule is CCC(Br)OC(=O)c1ccccc1C. The summed E-state index contributed by atoms with van der Waals surface area (Å²) >= 11 is 3.26. The molecule has 0 aliphatic carbocycles. The smallest absolute Gasteiger partial charge is 0.339 e. The molecule has 0 aliphatic heterocycles. The molecule has 0 saturated carbocycles. The Balaban J connectivity index is 2.75. The Hall–Kier alpha value is -0.830. The van der Waals surface area contributed by atoms with E-state index in [1.807, 2.05) is 32.0 Å². The van der Waals surface area contributed by atoms with Crippen molar-refractivity contribution in [2.75, 3.05) is 0 Å². The summed E-state index contributed by atoms with van der Waals surface area (Å²) in [6.45, 7) is 3.84. The van der Waals surface area contributed by atoms with Crippen molar-refractivity contribution in [1.82, 2.24) is 0 Å². The number of carbonyl (C=O) groups is 1. The number of halogens is 1. The fourth-order valence-electron chi connectivity index (χ4n) is 1.06. The quantitative estimate of drug-likeness (QED) is 0.613. The predicted molar refractivity (Wildman–Crippen MR) is 59.6 cm³/mol. The number of benzene rings is 1. The second-order valence-corrected chi connectivity index (χ2v) is 4.06. The first-order valence-corrected chi connectivity index (χ1v) is 5.47. The highest BCUT2D eigenvalue weighted by Crippen LogP contribution is 2.13. The summed E-state index contributed by atoms with van der Waals surface area (Å²) in [4.78, 5) is 11.6. The van der Waals surface area contributed by atoms with Gasteiger partial charge in [0.15, 0.2) is 5.01 Å². The van der Waals surface area contributed by atoms with Crippen molar-refractivity contribution in [2.24, 2.45) is 0 Å². The van der Waals surface area contributed by atoms with Crippen LogP contribution in [0.5, 0.6) is 0 Å². The number of esters is 1. The largest absolute Gasteiger partial charge is 0.447 e. The number of rotatable bonds is 3. The van der Waals surface area contributed by atoms with Crippen LogP contribution in [0.15, 0.2) is 24.3 Å². The molecule has 0 fully saturated rings.